The summed E-state index contributed by atoms with van der Waals surface area (Å²) < 4.78 is 24.0. The van der Waals surface area contributed by atoms with Gasteiger partial charge in [-0.1, -0.05) is 23.7 Å². The fourth-order valence-corrected chi connectivity index (χ4v) is 3.71. The Hall–Kier alpha value is -3.65. The van der Waals surface area contributed by atoms with E-state index in [2.05, 4.69) is 15.3 Å². The van der Waals surface area contributed by atoms with Crippen LogP contribution in [-0.4, -0.2) is 36.6 Å². The average molecular weight is 469 g/mol. The summed E-state index contributed by atoms with van der Waals surface area (Å²) in [5.74, 6) is 1.00. The Labute approximate surface area is 195 Å². The zero-order valence-electron chi connectivity index (χ0n) is 18.1. The number of esters is 1. The van der Waals surface area contributed by atoms with E-state index in [4.69, 9.17) is 21.1 Å². The molecule has 170 valence electrons. The van der Waals surface area contributed by atoms with E-state index in [1.165, 1.54) is 25.6 Å². The second kappa shape index (κ2) is 9.87. The van der Waals surface area contributed by atoms with E-state index in [1.54, 1.807) is 36.4 Å². The van der Waals surface area contributed by atoms with Crippen LogP contribution >= 0.6 is 11.6 Å². The number of fused-ring (bicyclic) bond motifs is 1. The molecule has 0 saturated carbocycles. The summed E-state index contributed by atoms with van der Waals surface area (Å²) in [4.78, 5) is 22.9. The molecule has 0 spiro atoms. The molecule has 0 aliphatic carbocycles. The molecule has 0 atom stereocenters. The summed E-state index contributed by atoms with van der Waals surface area (Å²) in [6.07, 6.45) is 3.75. The van der Waals surface area contributed by atoms with Crippen LogP contribution in [0.4, 0.5) is 21.7 Å². The number of aromatic nitrogens is 2. The lowest BCUT2D eigenvalue weighted by Crippen LogP contribution is -2.21. The maximum atomic E-state index is 13.4. The predicted molar refractivity (Wildman–Crippen MR) is 125 cm³/mol. The van der Waals surface area contributed by atoms with Gasteiger partial charge in [-0.2, -0.15) is 0 Å². The smallest absolute Gasteiger partial charge is 0.333 e. The van der Waals surface area contributed by atoms with Gasteiger partial charge in [0.2, 0.25) is 0 Å². The Morgan fingerprint density at radius 2 is 2.09 bits per heavy atom. The van der Waals surface area contributed by atoms with Crippen LogP contribution in [0, 0.1) is 5.82 Å². The van der Waals surface area contributed by atoms with Crippen LogP contribution in [0.5, 0.6) is 5.75 Å². The highest BCUT2D eigenvalue weighted by molar-refractivity contribution is 6.32. The van der Waals surface area contributed by atoms with Crippen molar-refractivity contribution in [2.45, 2.75) is 13.0 Å². The summed E-state index contributed by atoms with van der Waals surface area (Å²) >= 11 is 6.42. The largest absolute Gasteiger partial charge is 0.487 e. The maximum Gasteiger partial charge on any atom is 0.333 e. The van der Waals surface area contributed by atoms with Crippen molar-refractivity contribution in [2.75, 3.05) is 30.9 Å². The molecule has 1 aliphatic rings. The van der Waals surface area contributed by atoms with Crippen molar-refractivity contribution >= 4 is 41.0 Å². The maximum absolute atomic E-state index is 13.4. The third-order valence-electron chi connectivity index (χ3n) is 5.19. The third kappa shape index (κ3) is 5.23. The standard InChI is InChI=1S/C24H22ClFN4O3/c1-30-9-8-16(24(31)32-2)11-19-22(27-14-28-23(19)30)29-18-6-7-21(20(25)12-18)33-13-15-4-3-5-17(26)10-15/h3-7,10-12,14H,8-9,13H2,1-2H3,(H,27,28,29). The molecule has 2 heterocycles. The van der Waals surface area contributed by atoms with Gasteiger partial charge in [0.25, 0.3) is 0 Å². The number of hydrogen-bond donors (Lipinski definition) is 1. The molecule has 3 aromatic rings. The molecular formula is C24H22ClFN4O3. The van der Waals surface area contributed by atoms with E-state index < -0.39 is 0 Å². The van der Waals surface area contributed by atoms with Crippen molar-refractivity contribution in [3.8, 4) is 5.75 Å². The van der Waals surface area contributed by atoms with Gasteiger partial charge in [-0.15, -0.1) is 0 Å². The lowest BCUT2D eigenvalue weighted by molar-refractivity contribution is -0.136. The third-order valence-corrected chi connectivity index (χ3v) is 5.48. The van der Waals surface area contributed by atoms with E-state index in [-0.39, 0.29) is 18.4 Å². The molecule has 0 amide bonds. The molecule has 0 saturated heterocycles. The zero-order valence-corrected chi connectivity index (χ0v) is 18.9. The predicted octanol–water partition coefficient (Wildman–Crippen LogP) is 4.99. The average Bonchev–Trinajstić information content (AvgIpc) is 2.98. The van der Waals surface area contributed by atoms with Crippen molar-refractivity contribution < 1.29 is 18.7 Å². The first-order valence-corrected chi connectivity index (χ1v) is 10.6. The number of methoxy groups -OCH3 is 1. The molecule has 0 fully saturated rings. The Balaban J connectivity index is 1.57. The van der Waals surface area contributed by atoms with Gasteiger partial charge < -0.3 is 19.7 Å². The Morgan fingerprint density at radius 3 is 2.85 bits per heavy atom. The van der Waals surface area contributed by atoms with Crippen LogP contribution in [0.2, 0.25) is 5.02 Å². The van der Waals surface area contributed by atoms with Crippen LogP contribution in [0.3, 0.4) is 0 Å². The molecule has 1 aromatic heterocycles. The molecule has 0 unspecified atom stereocenters. The van der Waals surface area contributed by atoms with Gasteiger partial charge in [0, 0.05) is 24.9 Å². The number of anilines is 3. The van der Waals surface area contributed by atoms with Crippen LogP contribution in [0.15, 0.2) is 54.4 Å². The molecule has 9 heteroatoms. The van der Waals surface area contributed by atoms with Gasteiger partial charge in [-0.25, -0.2) is 19.2 Å². The lowest BCUT2D eigenvalue weighted by Gasteiger charge is -2.19. The second-order valence-corrected chi connectivity index (χ2v) is 7.89. The summed E-state index contributed by atoms with van der Waals surface area (Å²) in [6.45, 7) is 0.810. The van der Waals surface area contributed by atoms with Crippen molar-refractivity contribution in [1.29, 1.82) is 0 Å². The topological polar surface area (TPSA) is 76.6 Å². The quantitative estimate of drug-likeness (QED) is 0.511. The van der Waals surface area contributed by atoms with Crippen molar-refractivity contribution in [1.82, 2.24) is 9.97 Å². The first kappa shape index (κ1) is 22.5. The molecular weight excluding hydrogens is 447 g/mol. The molecule has 33 heavy (non-hydrogen) atoms. The number of benzene rings is 2. The lowest BCUT2D eigenvalue weighted by atomic mass is 10.1. The Kier molecular flexibility index (Phi) is 6.74. The molecule has 1 N–H and O–H groups in total. The van der Waals surface area contributed by atoms with E-state index in [9.17, 15) is 9.18 Å². The van der Waals surface area contributed by atoms with Crippen LogP contribution < -0.4 is 15.0 Å². The Morgan fingerprint density at radius 1 is 1.24 bits per heavy atom. The molecule has 0 bridgehead atoms. The normalized spacial score (nSPS) is 13.0. The minimum atomic E-state index is -0.381. The molecule has 4 rings (SSSR count). The van der Waals surface area contributed by atoms with Gasteiger partial charge in [0.05, 0.1) is 17.7 Å². The number of carbonyl (C=O) groups is 1. The Bertz CT molecular complexity index is 1220. The van der Waals surface area contributed by atoms with Gasteiger partial charge in [0.15, 0.2) is 0 Å². The van der Waals surface area contributed by atoms with Gasteiger partial charge >= 0.3 is 5.97 Å². The molecule has 0 radical (unpaired) electrons. The highest BCUT2D eigenvalue weighted by atomic mass is 35.5. The van der Waals surface area contributed by atoms with Gasteiger partial charge in [-0.05, 0) is 48.4 Å². The van der Waals surface area contributed by atoms with Crippen molar-refractivity contribution in [3.63, 3.8) is 0 Å². The minimum absolute atomic E-state index is 0.192. The number of carbonyl (C=O) groups excluding carboxylic acids is 1. The number of rotatable bonds is 6. The number of halogens is 2. The number of nitrogens with one attached hydrogen (secondary N) is 1. The summed E-state index contributed by atoms with van der Waals surface area (Å²) in [5, 5.41) is 3.63. The summed E-state index contributed by atoms with van der Waals surface area (Å²) in [6, 6.07) is 11.4. The fourth-order valence-electron chi connectivity index (χ4n) is 3.48. The highest BCUT2D eigenvalue weighted by Crippen LogP contribution is 2.34. The van der Waals surface area contributed by atoms with Gasteiger partial charge in [0.1, 0.15) is 36.1 Å². The first-order chi connectivity index (χ1) is 15.9. The minimum Gasteiger partial charge on any atom is -0.487 e. The SMILES string of the molecule is COC(=O)C1=Cc2c(Nc3ccc(OCc4cccc(F)c4)c(Cl)c3)ncnc2N(C)CC1. The second-order valence-electron chi connectivity index (χ2n) is 7.48. The first-order valence-electron chi connectivity index (χ1n) is 10.2. The van der Waals surface area contributed by atoms with E-state index in [1.807, 2.05) is 11.9 Å². The summed E-state index contributed by atoms with van der Waals surface area (Å²) in [7, 11) is 3.27. The van der Waals surface area contributed by atoms with Crippen molar-refractivity contribution in [3.05, 3.63) is 76.3 Å². The van der Waals surface area contributed by atoms with Crippen LogP contribution in [0.1, 0.15) is 17.5 Å². The highest BCUT2D eigenvalue weighted by Gasteiger charge is 2.21. The fraction of sp³-hybridized carbons (Fsp3) is 0.208. The van der Waals surface area contributed by atoms with E-state index >= 15 is 0 Å². The molecule has 1 aliphatic heterocycles. The van der Waals surface area contributed by atoms with E-state index in [0.717, 1.165) is 0 Å². The van der Waals surface area contributed by atoms with E-state index in [0.29, 0.717) is 57.8 Å². The monoisotopic (exact) mass is 468 g/mol. The number of hydrogen-bond acceptors (Lipinski definition) is 7. The summed E-state index contributed by atoms with van der Waals surface area (Å²) in [5.41, 5.74) is 2.61. The van der Waals surface area contributed by atoms with Crippen LogP contribution in [-0.2, 0) is 16.1 Å². The molecule has 2 aromatic carbocycles. The molecule has 7 nitrogen and oxygen atoms in total. The van der Waals surface area contributed by atoms with Crippen molar-refractivity contribution in [2.24, 2.45) is 0 Å². The number of ether oxygens (including phenoxy) is 2. The number of nitrogens with zero attached hydrogens (tertiary/aromatic N) is 3. The van der Waals surface area contributed by atoms with Gasteiger partial charge in [-0.3, -0.25) is 0 Å². The zero-order chi connectivity index (χ0) is 23.4. The van der Waals surface area contributed by atoms with Crippen LogP contribution in [0.25, 0.3) is 6.08 Å².